The van der Waals surface area contributed by atoms with Gasteiger partial charge in [0, 0.05) is 18.8 Å². The van der Waals surface area contributed by atoms with Crippen molar-refractivity contribution in [3.63, 3.8) is 0 Å². The van der Waals surface area contributed by atoms with Gasteiger partial charge in [0.25, 0.3) is 0 Å². The summed E-state index contributed by atoms with van der Waals surface area (Å²) in [6.07, 6.45) is 3.21. The molecule has 0 radical (unpaired) electrons. The largest absolute Gasteiger partial charge is 0.444 e. The zero-order valence-electron chi connectivity index (χ0n) is 15.0. The van der Waals surface area contributed by atoms with E-state index >= 15 is 0 Å². The van der Waals surface area contributed by atoms with E-state index in [-0.39, 0.29) is 18.2 Å². The molecule has 0 saturated carbocycles. The molecule has 2 aliphatic heterocycles. The Hall–Kier alpha value is -3.29. The molecule has 0 spiro atoms. The first-order chi connectivity index (χ1) is 13.2. The highest BCUT2D eigenvalue weighted by atomic mass is 16.6. The molecule has 2 aromatic heterocycles. The number of anilines is 1. The van der Waals surface area contributed by atoms with Gasteiger partial charge in [-0.3, -0.25) is 9.88 Å². The number of cyclic esters (lactones) is 1. The van der Waals surface area contributed by atoms with E-state index in [0.29, 0.717) is 5.82 Å². The minimum absolute atomic E-state index is 0.0331. The number of fused-ring (bicyclic) bond motifs is 3. The van der Waals surface area contributed by atoms with E-state index in [1.807, 2.05) is 30.5 Å². The zero-order valence-corrected chi connectivity index (χ0v) is 15.0. The fraction of sp³-hybridized carbons (Fsp3) is 0.316. The lowest BCUT2D eigenvalue weighted by atomic mass is 10.00. The first kappa shape index (κ1) is 15.9. The van der Waals surface area contributed by atoms with Crippen molar-refractivity contribution in [2.75, 3.05) is 4.90 Å². The molecule has 0 aliphatic carbocycles. The highest BCUT2D eigenvalue weighted by Gasteiger charge is 2.46. The van der Waals surface area contributed by atoms with Crippen molar-refractivity contribution in [3.8, 4) is 22.6 Å². The summed E-state index contributed by atoms with van der Waals surface area (Å²) in [6.45, 7) is 2.05. The third-order valence-corrected chi connectivity index (χ3v) is 5.33. The molecule has 1 saturated heterocycles. The molecule has 1 fully saturated rings. The molecule has 8 nitrogen and oxygen atoms in total. The van der Waals surface area contributed by atoms with Crippen LogP contribution in [0.3, 0.4) is 0 Å². The summed E-state index contributed by atoms with van der Waals surface area (Å²) in [7, 11) is 1.78. The molecule has 8 heteroatoms. The summed E-state index contributed by atoms with van der Waals surface area (Å²) in [5.74, 6) is 0.625. The number of aryl methyl sites for hydroxylation is 1. The second kappa shape index (κ2) is 5.87. The molecule has 4 heterocycles. The Labute approximate surface area is 155 Å². The smallest absolute Gasteiger partial charge is 0.415 e. The van der Waals surface area contributed by atoms with Gasteiger partial charge in [-0.05, 0) is 52.6 Å². The van der Waals surface area contributed by atoms with Gasteiger partial charge in [-0.15, -0.1) is 5.10 Å². The molecule has 1 aromatic carbocycles. The maximum absolute atomic E-state index is 12.2. The van der Waals surface area contributed by atoms with Crippen LogP contribution in [-0.4, -0.2) is 43.4 Å². The summed E-state index contributed by atoms with van der Waals surface area (Å²) < 4.78 is 7.06. The number of ether oxygens (including phenoxy) is 1. The second-order valence-electron chi connectivity index (χ2n) is 6.87. The SMILES string of the molecule is CCC1OC(=O)N2c3ccc(-c4ccc(-c5nnnn5C)nc4)cc3CC12. The number of hydrogen-bond acceptors (Lipinski definition) is 6. The summed E-state index contributed by atoms with van der Waals surface area (Å²) in [6, 6.07) is 10.2. The van der Waals surface area contributed by atoms with Gasteiger partial charge in [-0.2, -0.15) is 0 Å². The van der Waals surface area contributed by atoms with Crippen molar-refractivity contribution in [1.29, 1.82) is 0 Å². The van der Waals surface area contributed by atoms with Gasteiger partial charge in [-0.1, -0.05) is 19.1 Å². The van der Waals surface area contributed by atoms with E-state index in [2.05, 4.69) is 33.5 Å². The van der Waals surface area contributed by atoms with Crippen molar-refractivity contribution in [2.45, 2.75) is 31.9 Å². The minimum atomic E-state index is -0.235. The van der Waals surface area contributed by atoms with Gasteiger partial charge >= 0.3 is 6.09 Å². The molecular weight excluding hydrogens is 344 g/mol. The molecular formula is C19H18N6O2. The van der Waals surface area contributed by atoms with Crippen LogP contribution in [0.4, 0.5) is 10.5 Å². The van der Waals surface area contributed by atoms with Crippen LogP contribution < -0.4 is 4.90 Å². The number of aromatic nitrogens is 5. The Balaban J connectivity index is 1.46. The van der Waals surface area contributed by atoms with Crippen molar-refractivity contribution in [2.24, 2.45) is 7.05 Å². The molecule has 2 atom stereocenters. The molecule has 1 amide bonds. The van der Waals surface area contributed by atoms with Gasteiger partial charge < -0.3 is 4.74 Å². The average molecular weight is 362 g/mol. The van der Waals surface area contributed by atoms with Gasteiger partial charge in [0.2, 0.25) is 0 Å². The van der Waals surface area contributed by atoms with Crippen LogP contribution in [-0.2, 0) is 18.2 Å². The Kier molecular flexibility index (Phi) is 3.46. The third kappa shape index (κ3) is 2.40. The number of pyridine rings is 1. The monoisotopic (exact) mass is 362 g/mol. The van der Waals surface area contributed by atoms with E-state index in [9.17, 15) is 4.79 Å². The molecule has 27 heavy (non-hydrogen) atoms. The van der Waals surface area contributed by atoms with E-state index in [1.54, 1.807) is 16.6 Å². The molecule has 5 rings (SSSR count). The first-order valence-corrected chi connectivity index (χ1v) is 8.97. The first-order valence-electron chi connectivity index (χ1n) is 8.97. The van der Waals surface area contributed by atoms with Gasteiger partial charge in [-0.25, -0.2) is 9.48 Å². The Morgan fingerprint density at radius 1 is 1.22 bits per heavy atom. The number of carbonyl (C=O) groups excluding carboxylic acids is 1. The average Bonchev–Trinajstić information content (AvgIpc) is 3.36. The Bertz CT molecular complexity index is 1030. The van der Waals surface area contributed by atoms with Gasteiger partial charge in [0.1, 0.15) is 11.8 Å². The zero-order chi connectivity index (χ0) is 18.5. The lowest BCUT2D eigenvalue weighted by Gasteiger charge is -2.15. The number of carbonyl (C=O) groups is 1. The highest BCUT2D eigenvalue weighted by Crippen LogP contribution is 2.41. The number of rotatable bonds is 3. The van der Waals surface area contributed by atoms with Crippen LogP contribution in [0.1, 0.15) is 18.9 Å². The van der Waals surface area contributed by atoms with Crippen molar-refractivity contribution in [1.82, 2.24) is 25.2 Å². The van der Waals surface area contributed by atoms with Crippen LogP contribution in [0.25, 0.3) is 22.6 Å². The van der Waals surface area contributed by atoms with Crippen LogP contribution >= 0.6 is 0 Å². The molecule has 2 unspecified atom stereocenters. The molecule has 2 aliphatic rings. The van der Waals surface area contributed by atoms with E-state index in [1.165, 1.54) is 5.56 Å². The molecule has 3 aromatic rings. The summed E-state index contributed by atoms with van der Waals surface area (Å²) >= 11 is 0. The predicted molar refractivity (Wildman–Crippen MR) is 98.0 cm³/mol. The topological polar surface area (TPSA) is 86.0 Å². The molecule has 0 N–H and O–H groups in total. The second-order valence-corrected chi connectivity index (χ2v) is 6.87. The fourth-order valence-corrected chi connectivity index (χ4v) is 3.95. The van der Waals surface area contributed by atoms with Crippen molar-refractivity contribution >= 4 is 11.8 Å². The van der Waals surface area contributed by atoms with Crippen LogP contribution in [0.5, 0.6) is 0 Å². The highest BCUT2D eigenvalue weighted by molar-refractivity contribution is 5.94. The number of tetrazole rings is 1. The number of hydrogen-bond donors (Lipinski definition) is 0. The minimum Gasteiger partial charge on any atom is -0.444 e. The maximum Gasteiger partial charge on any atom is 0.415 e. The van der Waals surface area contributed by atoms with Crippen molar-refractivity contribution < 1.29 is 9.53 Å². The fourth-order valence-electron chi connectivity index (χ4n) is 3.95. The van der Waals surface area contributed by atoms with Crippen LogP contribution in [0, 0.1) is 0 Å². The van der Waals surface area contributed by atoms with Crippen LogP contribution in [0.15, 0.2) is 36.5 Å². The van der Waals surface area contributed by atoms with Crippen LogP contribution in [0.2, 0.25) is 0 Å². The van der Waals surface area contributed by atoms with Gasteiger partial charge in [0.15, 0.2) is 5.82 Å². The van der Waals surface area contributed by atoms with E-state index in [0.717, 1.165) is 35.3 Å². The maximum atomic E-state index is 12.2. The molecule has 136 valence electrons. The summed E-state index contributed by atoms with van der Waals surface area (Å²) in [5, 5.41) is 11.5. The Morgan fingerprint density at radius 3 is 2.78 bits per heavy atom. The Morgan fingerprint density at radius 2 is 2.07 bits per heavy atom. The van der Waals surface area contributed by atoms with Crippen molar-refractivity contribution in [3.05, 3.63) is 42.1 Å². The normalized spacial score (nSPS) is 20.5. The van der Waals surface area contributed by atoms with Gasteiger partial charge in [0.05, 0.1) is 11.7 Å². The quantitative estimate of drug-likeness (QED) is 0.712. The lowest BCUT2D eigenvalue weighted by molar-refractivity contribution is 0.129. The lowest BCUT2D eigenvalue weighted by Crippen LogP contribution is -2.32. The molecule has 0 bridgehead atoms. The number of nitrogens with zero attached hydrogens (tertiary/aromatic N) is 6. The predicted octanol–water partition coefficient (Wildman–Crippen LogP) is 2.60. The van der Waals surface area contributed by atoms with E-state index < -0.39 is 0 Å². The summed E-state index contributed by atoms with van der Waals surface area (Å²) in [5.41, 5.74) is 4.94. The number of amides is 1. The third-order valence-electron chi connectivity index (χ3n) is 5.33. The summed E-state index contributed by atoms with van der Waals surface area (Å²) in [4.78, 5) is 18.5. The van der Waals surface area contributed by atoms with E-state index in [4.69, 9.17) is 4.74 Å². The number of benzene rings is 1. The standard InChI is InChI=1S/C19H18N6O2/c1-3-17-16-9-13-8-11(5-7-15(13)25(16)19(26)27-17)12-4-6-14(20-10-12)18-21-22-23-24(18)2/h4-8,10,16-17H,3,9H2,1-2H3.